The monoisotopic (exact) mass is 415 g/mol. The van der Waals surface area contributed by atoms with Gasteiger partial charge in [0.2, 0.25) is 0 Å². The third-order valence-electron chi connectivity index (χ3n) is 4.62. The van der Waals surface area contributed by atoms with Crippen LogP contribution in [0.3, 0.4) is 0 Å². The molecule has 0 saturated heterocycles. The average Bonchev–Trinajstić information content (AvgIpc) is 3.17. The number of thiazole rings is 1. The molecule has 0 fully saturated rings. The van der Waals surface area contributed by atoms with Gasteiger partial charge in [0, 0.05) is 16.0 Å². The number of hydrogen-bond acceptors (Lipinski definition) is 5. The van der Waals surface area contributed by atoms with E-state index in [0.717, 1.165) is 37.5 Å². The second-order valence-electron chi connectivity index (χ2n) is 6.62. The lowest BCUT2D eigenvalue weighted by molar-refractivity contribution is 0.0950. The average molecular weight is 416 g/mol. The Morgan fingerprint density at radius 2 is 1.87 bits per heavy atom. The topological polar surface area (TPSA) is 63.6 Å². The SMILES string of the molecule is CCOc1ccc2ccccc2c1/C=N\NC(=O)c1nc(-c2ccccc2)sc1C. The Labute approximate surface area is 179 Å². The van der Waals surface area contributed by atoms with E-state index in [1.165, 1.54) is 11.3 Å². The van der Waals surface area contributed by atoms with Crippen molar-refractivity contribution in [2.45, 2.75) is 13.8 Å². The normalized spacial score (nSPS) is 11.1. The van der Waals surface area contributed by atoms with Crippen LogP contribution in [0.5, 0.6) is 5.75 Å². The quantitative estimate of drug-likeness (QED) is 0.337. The van der Waals surface area contributed by atoms with Gasteiger partial charge in [-0.2, -0.15) is 5.10 Å². The maximum absolute atomic E-state index is 12.7. The first-order valence-corrected chi connectivity index (χ1v) is 10.5. The minimum atomic E-state index is -0.333. The fourth-order valence-corrected chi connectivity index (χ4v) is 4.13. The number of fused-ring (bicyclic) bond motifs is 1. The number of hydrazone groups is 1. The number of nitrogens with one attached hydrogen (secondary N) is 1. The van der Waals surface area contributed by atoms with Gasteiger partial charge in [0.1, 0.15) is 16.5 Å². The Kier molecular flexibility index (Phi) is 5.86. The molecule has 0 saturated carbocycles. The highest BCUT2D eigenvalue weighted by molar-refractivity contribution is 7.15. The van der Waals surface area contributed by atoms with Crippen LogP contribution in [0.1, 0.15) is 27.9 Å². The lowest BCUT2D eigenvalue weighted by Gasteiger charge is -2.10. The predicted molar refractivity (Wildman–Crippen MR) is 122 cm³/mol. The van der Waals surface area contributed by atoms with Crippen LogP contribution in [0.2, 0.25) is 0 Å². The zero-order chi connectivity index (χ0) is 20.9. The van der Waals surface area contributed by atoms with Crippen LogP contribution in [0.4, 0.5) is 0 Å². The summed E-state index contributed by atoms with van der Waals surface area (Å²) in [5.74, 6) is 0.394. The number of amides is 1. The fourth-order valence-electron chi connectivity index (χ4n) is 3.21. The van der Waals surface area contributed by atoms with Gasteiger partial charge in [0.25, 0.3) is 5.91 Å². The van der Waals surface area contributed by atoms with Crippen LogP contribution < -0.4 is 10.2 Å². The highest BCUT2D eigenvalue weighted by Crippen LogP contribution is 2.28. The Balaban J connectivity index is 1.58. The van der Waals surface area contributed by atoms with E-state index in [2.05, 4.69) is 15.5 Å². The molecule has 1 heterocycles. The highest BCUT2D eigenvalue weighted by Gasteiger charge is 2.16. The van der Waals surface area contributed by atoms with E-state index < -0.39 is 0 Å². The van der Waals surface area contributed by atoms with Crippen molar-refractivity contribution >= 4 is 34.2 Å². The summed E-state index contributed by atoms with van der Waals surface area (Å²) in [5, 5.41) is 7.10. The maximum Gasteiger partial charge on any atom is 0.291 e. The van der Waals surface area contributed by atoms with Crippen LogP contribution in [0.25, 0.3) is 21.3 Å². The molecule has 0 bridgehead atoms. The standard InChI is InChI=1S/C24H21N3O2S/c1-3-29-21-14-13-17-9-7-8-12-19(17)20(21)15-25-27-23(28)22-16(2)30-24(26-22)18-10-5-4-6-11-18/h4-15H,3H2,1-2H3,(H,27,28)/b25-15-. The van der Waals surface area contributed by atoms with Crippen molar-refractivity contribution < 1.29 is 9.53 Å². The second kappa shape index (κ2) is 8.88. The summed E-state index contributed by atoms with van der Waals surface area (Å²) in [7, 11) is 0. The van der Waals surface area contributed by atoms with E-state index in [0.29, 0.717) is 12.3 Å². The largest absolute Gasteiger partial charge is 0.493 e. The summed E-state index contributed by atoms with van der Waals surface area (Å²) in [5.41, 5.74) is 4.81. The summed E-state index contributed by atoms with van der Waals surface area (Å²) in [4.78, 5) is 18.0. The molecule has 30 heavy (non-hydrogen) atoms. The highest BCUT2D eigenvalue weighted by atomic mass is 32.1. The van der Waals surface area contributed by atoms with Crippen molar-refractivity contribution in [3.8, 4) is 16.3 Å². The number of carbonyl (C=O) groups is 1. The van der Waals surface area contributed by atoms with Crippen molar-refractivity contribution in [3.05, 3.63) is 82.9 Å². The summed E-state index contributed by atoms with van der Waals surface area (Å²) in [6.45, 7) is 4.37. The van der Waals surface area contributed by atoms with Crippen LogP contribution >= 0.6 is 11.3 Å². The van der Waals surface area contributed by atoms with Crippen molar-refractivity contribution in [2.24, 2.45) is 5.10 Å². The molecule has 1 amide bonds. The molecule has 5 nitrogen and oxygen atoms in total. The van der Waals surface area contributed by atoms with E-state index in [9.17, 15) is 4.79 Å². The van der Waals surface area contributed by atoms with Gasteiger partial charge in [-0.05, 0) is 30.7 Å². The van der Waals surface area contributed by atoms with Gasteiger partial charge in [-0.25, -0.2) is 10.4 Å². The van der Waals surface area contributed by atoms with Crippen molar-refractivity contribution in [3.63, 3.8) is 0 Å². The van der Waals surface area contributed by atoms with Crippen LogP contribution in [0.15, 0.2) is 71.8 Å². The molecule has 150 valence electrons. The van der Waals surface area contributed by atoms with E-state index >= 15 is 0 Å². The molecule has 0 unspecified atom stereocenters. The second-order valence-corrected chi connectivity index (χ2v) is 7.82. The first kappa shape index (κ1) is 19.8. The predicted octanol–water partition coefficient (Wildman–Crippen LogP) is 5.43. The Morgan fingerprint density at radius 1 is 1.10 bits per heavy atom. The van der Waals surface area contributed by atoms with Gasteiger partial charge >= 0.3 is 0 Å². The zero-order valence-electron chi connectivity index (χ0n) is 16.8. The fraction of sp³-hybridized carbons (Fsp3) is 0.125. The molecule has 4 aromatic rings. The molecule has 0 aliphatic carbocycles. The molecule has 0 radical (unpaired) electrons. The first-order valence-electron chi connectivity index (χ1n) is 9.68. The molecule has 0 atom stereocenters. The summed E-state index contributed by atoms with van der Waals surface area (Å²) >= 11 is 1.49. The number of benzene rings is 3. The molecular weight excluding hydrogens is 394 g/mol. The molecule has 6 heteroatoms. The number of hydrogen-bond donors (Lipinski definition) is 1. The molecular formula is C24H21N3O2S. The Morgan fingerprint density at radius 3 is 2.67 bits per heavy atom. The lowest BCUT2D eigenvalue weighted by atomic mass is 10.0. The van der Waals surface area contributed by atoms with E-state index in [-0.39, 0.29) is 5.91 Å². The van der Waals surface area contributed by atoms with Gasteiger partial charge < -0.3 is 4.74 Å². The summed E-state index contributed by atoms with van der Waals surface area (Å²) in [6.07, 6.45) is 1.63. The number of aromatic nitrogens is 1. The van der Waals surface area contributed by atoms with Crippen molar-refractivity contribution in [1.29, 1.82) is 0 Å². The Bertz CT molecular complexity index is 1220. The first-order chi connectivity index (χ1) is 14.7. The van der Waals surface area contributed by atoms with E-state index in [1.807, 2.05) is 80.6 Å². The lowest BCUT2D eigenvalue weighted by Crippen LogP contribution is -2.19. The Hall–Kier alpha value is -3.51. The third-order valence-corrected chi connectivity index (χ3v) is 5.64. The third kappa shape index (κ3) is 4.09. The minimum Gasteiger partial charge on any atom is -0.493 e. The molecule has 1 aromatic heterocycles. The molecule has 3 aromatic carbocycles. The number of rotatable bonds is 6. The smallest absolute Gasteiger partial charge is 0.291 e. The number of nitrogens with zero attached hydrogens (tertiary/aromatic N) is 2. The molecule has 4 rings (SSSR count). The number of aryl methyl sites for hydroxylation is 1. The van der Waals surface area contributed by atoms with Crippen molar-refractivity contribution in [1.82, 2.24) is 10.4 Å². The maximum atomic E-state index is 12.7. The van der Waals surface area contributed by atoms with E-state index in [1.54, 1.807) is 6.21 Å². The van der Waals surface area contributed by atoms with Gasteiger partial charge in [0.05, 0.1) is 12.8 Å². The minimum absolute atomic E-state index is 0.333. The van der Waals surface area contributed by atoms with Gasteiger partial charge in [-0.3, -0.25) is 4.79 Å². The summed E-state index contributed by atoms with van der Waals surface area (Å²) < 4.78 is 5.74. The molecule has 0 aliphatic rings. The van der Waals surface area contributed by atoms with Gasteiger partial charge in [-0.1, -0.05) is 60.7 Å². The molecule has 0 spiro atoms. The number of carbonyl (C=O) groups excluding carboxylic acids is 1. The van der Waals surface area contributed by atoms with Crippen molar-refractivity contribution in [2.75, 3.05) is 6.61 Å². The van der Waals surface area contributed by atoms with Crippen LogP contribution in [-0.4, -0.2) is 23.7 Å². The zero-order valence-corrected chi connectivity index (χ0v) is 17.6. The molecule has 1 N–H and O–H groups in total. The van der Waals surface area contributed by atoms with Gasteiger partial charge in [-0.15, -0.1) is 11.3 Å². The van der Waals surface area contributed by atoms with Gasteiger partial charge in [0.15, 0.2) is 0 Å². The summed E-state index contributed by atoms with van der Waals surface area (Å²) in [6, 6.07) is 21.8. The van der Waals surface area contributed by atoms with Crippen LogP contribution in [-0.2, 0) is 0 Å². The van der Waals surface area contributed by atoms with E-state index in [4.69, 9.17) is 4.74 Å². The molecule has 0 aliphatic heterocycles. The number of ether oxygens (including phenoxy) is 1. The van der Waals surface area contributed by atoms with Crippen LogP contribution in [0, 0.1) is 6.92 Å².